The summed E-state index contributed by atoms with van der Waals surface area (Å²) in [5, 5.41) is 3.34. The van der Waals surface area contributed by atoms with Gasteiger partial charge in [-0.2, -0.15) is 13.2 Å². The number of halogens is 3. The summed E-state index contributed by atoms with van der Waals surface area (Å²) >= 11 is 0. The molecule has 1 aromatic heterocycles. The SMILES string of the molecule is Cc1nccc(CNC2CCCC(OCC(F)(F)F)C2)n1. The standard InChI is InChI=1S/C14H20F3N3O/c1-10-18-6-5-12(20-10)8-19-11-3-2-4-13(7-11)21-9-14(15,16)17/h5-6,11,13,19H,2-4,7-9H2,1H3. The predicted octanol–water partition coefficient (Wildman–Crippen LogP) is 2.76. The number of hydrogen-bond acceptors (Lipinski definition) is 4. The molecule has 4 nitrogen and oxygen atoms in total. The number of nitrogens with one attached hydrogen (secondary N) is 1. The van der Waals surface area contributed by atoms with Gasteiger partial charge < -0.3 is 10.1 Å². The first-order chi connectivity index (χ1) is 9.92. The summed E-state index contributed by atoms with van der Waals surface area (Å²) in [5.74, 6) is 0.712. The largest absolute Gasteiger partial charge is 0.411 e. The normalized spacial score (nSPS) is 23.2. The van der Waals surface area contributed by atoms with Crippen molar-refractivity contribution < 1.29 is 17.9 Å². The van der Waals surface area contributed by atoms with Crippen LogP contribution >= 0.6 is 0 Å². The second kappa shape index (κ2) is 7.17. The lowest BCUT2D eigenvalue weighted by Gasteiger charge is -2.30. The van der Waals surface area contributed by atoms with Crippen LogP contribution in [0.3, 0.4) is 0 Å². The van der Waals surface area contributed by atoms with E-state index < -0.39 is 12.8 Å². The van der Waals surface area contributed by atoms with Gasteiger partial charge in [0.15, 0.2) is 0 Å². The third-order valence-electron chi connectivity index (χ3n) is 3.51. The molecule has 1 aliphatic carbocycles. The summed E-state index contributed by atoms with van der Waals surface area (Å²) in [4.78, 5) is 8.32. The Balaban J connectivity index is 1.76. The highest BCUT2D eigenvalue weighted by Gasteiger charge is 2.31. The molecule has 2 atom stereocenters. The molecule has 0 aliphatic heterocycles. The van der Waals surface area contributed by atoms with E-state index in [9.17, 15) is 13.2 Å². The summed E-state index contributed by atoms with van der Waals surface area (Å²) in [5.41, 5.74) is 0.890. The van der Waals surface area contributed by atoms with Gasteiger partial charge in [0.25, 0.3) is 0 Å². The molecule has 0 radical (unpaired) electrons. The highest BCUT2D eigenvalue weighted by Crippen LogP contribution is 2.24. The summed E-state index contributed by atoms with van der Waals surface area (Å²) in [6.07, 6.45) is 0.277. The number of ether oxygens (including phenoxy) is 1. The van der Waals surface area contributed by atoms with Crippen molar-refractivity contribution in [3.8, 4) is 0 Å². The van der Waals surface area contributed by atoms with E-state index in [1.807, 2.05) is 13.0 Å². The van der Waals surface area contributed by atoms with Gasteiger partial charge in [-0.15, -0.1) is 0 Å². The number of nitrogens with zero attached hydrogens (tertiary/aromatic N) is 2. The van der Waals surface area contributed by atoms with Gasteiger partial charge in [-0.05, 0) is 38.7 Å². The molecule has 1 aromatic rings. The Kier molecular flexibility index (Phi) is 5.52. The van der Waals surface area contributed by atoms with Crippen LogP contribution in [0, 0.1) is 6.92 Å². The zero-order valence-electron chi connectivity index (χ0n) is 12.0. The monoisotopic (exact) mass is 303 g/mol. The van der Waals surface area contributed by atoms with Crippen molar-refractivity contribution in [2.24, 2.45) is 0 Å². The minimum Gasteiger partial charge on any atom is -0.369 e. The van der Waals surface area contributed by atoms with Crippen molar-refractivity contribution in [1.29, 1.82) is 0 Å². The lowest BCUT2D eigenvalue weighted by atomic mass is 9.93. The molecular weight excluding hydrogens is 283 g/mol. The van der Waals surface area contributed by atoms with E-state index in [1.54, 1.807) is 6.20 Å². The van der Waals surface area contributed by atoms with E-state index in [0.29, 0.717) is 25.2 Å². The van der Waals surface area contributed by atoms with Gasteiger partial charge in [-0.25, -0.2) is 9.97 Å². The minimum absolute atomic E-state index is 0.173. The van der Waals surface area contributed by atoms with E-state index in [-0.39, 0.29) is 12.1 Å². The summed E-state index contributed by atoms with van der Waals surface area (Å²) < 4.78 is 41.4. The Hall–Kier alpha value is -1.21. The number of aryl methyl sites for hydroxylation is 1. The molecule has 0 aromatic carbocycles. The molecule has 1 saturated carbocycles. The molecule has 1 aliphatic rings. The Labute approximate surface area is 122 Å². The average Bonchev–Trinajstić information content (AvgIpc) is 2.43. The summed E-state index contributed by atoms with van der Waals surface area (Å²) in [6.45, 7) is 1.26. The predicted molar refractivity (Wildman–Crippen MR) is 71.7 cm³/mol. The molecule has 7 heteroatoms. The van der Waals surface area contributed by atoms with Crippen LogP contribution in [-0.2, 0) is 11.3 Å². The van der Waals surface area contributed by atoms with Crippen molar-refractivity contribution >= 4 is 0 Å². The Bertz CT molecular complexity index is 453. The Morgan fingerprint density at radius 3 is 2.90 bits per heavy atom. The highest BCUT2D eigenvalue weighted by atomic mass is 19.4. The lowest BCUT2D eigenvalue weighted by molar-refractivity contribution is -0.188. The van der Waals surface area contributed by atoms with Crippen molar-refractivity contribution in [2.75, 3.05) is 6.61 Å². The van der Waals surface area contributed by atoms with Crippen LogP contribution in [0.25, 0.3) is 0 Å². The van der Waals surface area contributed by atoms with E-state index >= 15 is 0 Å². The highest BCUT2D eigenvalue weighted by molar-refractivity contribution is 5.01. The van der Waals surface area contributed by atoms with Gasteiger partial charge in [0.05, 0.1) is 11.8 Å². The van der Waals surface area contributed by atoms with Gasteiger partial charge in [0.1, 0.15) is 12.4 Å². The third-order valence-corrected chi connectivity index (χ3v) is 3.51. The van der Waals surface area contributed by atoms with Gasteiger partial charge in [0, 0.05) is 18.8 Å². The topological polar surface area (TPSA) is 47.0 Å². The second-order valence-electron chi connectivity index (χ2n) is 5.39. The van der Waals surface area contributed by atoms with Gasteiger partial charge in [-0.3, -0.25) is 0 Å². The zero-order chi connectivity index (χ0) is 15.3. The second-order valence-corrected chi connectivity index (χ2v) is 5.39. The maximum Gasteiger partial charge on any atom is 0.411 e. The quantitative estimate of drug-likeness (QED) is 0.908. The Morgan fingerprint density at radius 2 is 2.19 bits per heavy atom. The Morgan fingerprint density at radius 1 is 1.38 bits per heavy atom. The molecule has 1 N–H and O–H groups in total. The van der Waals surface area contributed by atoms with E-state index in [0.717, 1.165) is 18.5 Å². The zero-order valence-corrected chi connectivity index (χ0v) is 12.0. The maximum atomic E-state index is 12.2. The molecule has 0 spiro atoms. The molecule has 1 heterocycles. The molecule has 118 valence electrons. The molecule has 2 rings (SSSR count). The first-order valence-corrected chi connectivity index (χ1v) is 7.12. The molecule has 0 bridgehead atoms. The van der Waals surface area contributed by atoms with Crippen molar-refractivity contribution in [3.05, 3.63) is 23.8 Å². The minimum atomic E-state index is -4.25. The van der Waals surface area contributed by atoms with Crippen LogP contribution in [0.5, 0.6) is 0 Å². The molecule has 21 heavy (non-hydrogen) atoms. The number of rotatable bonds is 5. The van der Waals surface area contributed by atoms with Gasteiger partial charge in [-0.1, -0.05) is 0 Å². The third kappa shape index (κ3) is 5.97. The molecule has 0 saturated heterocycles. The molecular formula is C14H20F3N3O. The van der Waals surface area contributed by atoms with E-state index in [4.69, 9.17) is 4.74 Å². The van der Waals surface area contributed by atoms with E-state index in [2.05, 4.69) is 15.3 Å². The molecule has 1 fully saturated rings. The number of alkyl halides is 3. The summed E-state index contributed by atoms with van der Waals surface area (Å²) in [6, 6.07) is 2.01. The van der Waals surface area contributed by atoms with Crippen molar-refractivity contribution in [1.82, 2.24) is 15.3 Å². The van der Waals surface area contributed by atoms with Crippen LogP contribution in [0.4, 0.5) is 13.2 Å². The van der Waals surface area contributed by atoms with Crippen LogP contribution in [0.2, 0.25) is 0 Å². The maximum absolute atomic E-state index is 12.2. The first-order valence-electron chi connectivity index (χ1n) is 7.12. The first kappa shape index (κ1) is 16.2. The number of hydrogen-bond donors (Lipinski definition) is 1. The summed E-state index contributed by atoms with van der Waals surface area (Å²) in [7, 11) is 0. The van der Waals surface area contributed by atoms with Crippen LogP contribution in [0.15, 0.2) is 12.3 Å². The fourth-order valence-corrected chi connectivity index (χ4v) is 2.55. The fraction of sp³-hybridized carbons (Fsp3) is 0.714. The fourth-order valence-electron chi connectivity index (χ4n) is 2.55. The van der Waals surface area contributed by atoms with Gasteiger partial charge >= 0.3 is 6.18 Å². The van der Waals surface area contributed by atoms with Crippen LogP contribution in [0.1, 0.15) is 37.2 Å². The van der Waals surface area contributed by atoms with E-state index in [1.165, 1.54) is 0 Å². The van der Waals surface area contributed by atoms with Crippen LogP contribution in [-0.4, -0.2) is 34.9 Å². The van der Waals surface area contributed by atoms with Crippen LogP contribution < -0.4 is 5.32 Å². The average molecular weight is 303 g/mol. The molecule has 2 unspecified atom stereocenters. The van der Waals surface area contributed by atoms with Crippen molar-refractivity contribution in [3.63, 3.8) is 0 Å². The lowest BCUT2D eigenvalue weighted by Crippen LogP contribution is -2.38. The molecule has 0 amide bonds. The number of aromatic nitrogens is 2. The van der Waals surface area contributed by atoms with Gasteiger partial charge in [0.2, 0.25) is 0 Å². The smallest absolute Gasteiger partial charge is 0.369 e. The van der Waals surface area contributed by atoms with Crippen molar-refractivity contribution in [2.45, 2.75) is 57.5 Å².